The SMILES string of the molecule is CCCCNC(=O)Cn1nc(Cc2ccc(OC)c(OC)c2)nc1[C@@H](C)N. The van der Waals surface area contributed by atoms with Crippen LogP contribution in [0.3, 0.4) is 0 Å². The molecule has 148 valence electrons. The van der Waals surface area contributed by atoms with Crippen molar-refractivity contribution in [2.24, 2.45) is 5.73 Å². The second-order valence-electron chi connectivity index (χ2n) is 6.40. The fourth-order valence-corrected chi connectivity index (χ4v) is 2.70. The van der Waals surface area contributed by atoms with Gasteiger partial charge >= 0.3 is 0 Å². The van der Waals surface area contributed by atoms with E-state index >= 15 is 0 Å². The number of methoxy groups -OCH3 is 2. The van der Waals surface area contributed by atoms with Gasteiger partial charge in [0.05, 0.1) is 20.3 Å². The van der Waals surface area contributed by atoms with Gasteiger partial charge in [0.1, 0.15) is 12.4 Å². The van der Waals surface area contributed by atoms with Gasteiger partial charge < -0.3 is 20.5 Å². The molecule has 0 aliphatic heterocycles. The smallest absolute Gasteiger partial charge is 0.241 e. The van der Waals surface area contributed by atoms with Gasteiger partial charge in [0.2, 0.25) is 5.91 Å². The number of amides is 1. The molecule has 0 radical (unpaired) electrons. The fraction of sp³-hybridized carbons (Fsp3) is 0.526. The van der Waals surface area contributed by atoms with Crippen molar-refractivity contribution in [1.82, 2.24) is 20.1 Å². The highest BCUT2D eigenvalue weighted by atomic mass is 16.5. The van der Waals surface area contributed by atoms with Crippen LogP contribution < -0.4 is 20.5 Å². The number of nitrogens with zero attached hydrogens (tertiary/aromatic N) is 3. The van der Waals surface area contributed by atoms with Gasteiger partial charge in [0.25, 0.3) is 0 Å². The van der Waals surface area contributed by atoms with E-state index in [1.54, 1.807) is 18.9 Å². The summed E-state index contributed by atoms with van der Waals surface area (Å²) in [4.78, 5) is 16.6. The summed E-state index contributed by atoms with van der Waals surface area (Å²) in [7, 11) is 3.20. The monoisotopic (exact) mass is 375 g/mol. The van der Waals surface area contributed by atoms with Crippen LogP contribution in [-0.2, 0) is 17.8 Å². The summed E-state index contributed by atoms with van der Waals surface area (Å²) in [5, 5.41) is 7.37. The lowest BCUT2D eigenvalue weighted by Gasteiger charge is -2.08. The van der Waals surface area contributed by atoms with Crippen molar-refractivity contribution >= 4 is 5.91 Å². The number of unbranched alkanes of at least 4 members (excludes halogenated alkanes) is 1. The first-order valence-electron chi connectivity index (χ1n) is 9.15. The van der Waals surface area contributed by atoms with Gasteiger partial charge in [-0.15, -0.1) is 0 Å². The Morgan fingerprint density at radius 2 is 2.04 bits per heavy atom. The van der Waals surface area contributed by atoms with Crippen molar-refractivity contribution in [2.45, 2.75) is 45.7 Å². The summed E-state index contributed by atoms with van der Waals surface area (Å²) in [5.74, 6) is 2.43. The minimum Gasteiger partial charge on any atom is -0.493 e. The number of carbonyl (C=O) groups is 1. The van der Waals surface area contributed by atoms with E-state index in [-0.39, 0.29) is 18.5 Å². The molecule has 0 fully saturated rings. The zero-order valence-electron chi connectivity index (χ0n) is 16.5. The molecular weight excluding hydrogens is 346 g/mol. The minimum absolute atomic E-state index is 0.0899. The highest BCUT2D eigenvalue weighted by molar-refractivity contribution is 5.75. The summed E-state index contributed by atoms with van der Waals surface area (Å²) >= 11 is 0. The van der Waals surface area contributed by atoms with Crippen LogP contribution in [-0.4, -0.2) is 41.4 Å². The second-order valence-corrected chi connectivity index (χ2v) is 6.40. The van der Waals surface area contributed by atoms with Gasteiger partial charge in [0.15, 0.2) is 17.3 Å². The highest BCUT2D eigenvalue weighted by Gasteiger charge is 2.16. The quantitative estimate of drug-likeness (QED) is 0.614. The number of hydrogen-bond acceptors (Lipinski definition) is 6. The molecular formula is C19H29N5O3. The molecule has 0 saturated carbocycles. The maximum Gasteiger partial charge on any atom is 0.241 e. The summed E-state index contributed by atoms with van der Waals surface area (Å²) in [6.45, 7) is 4.68. The Morgan fingerprint density at radius 3 is 2.67 bits per heavy atom. The van der Waals surface area contributed by atoms with Crippen molar-refractivity contribution in [1.29, 1.82) is 0 Å². The van der Waals surface area contributed by atoms with Crippen LogP contribution in [0.1, 0.15) is 49.9 Å². The minimum atomic E-state index is -0.319. The average Bonchev–Trinajstić information content (AvgIpc) is 3.04. The fourth-order valence-electron chi connectivity index (χ4n) is 2.70. The number of rotatable bonds is 10. The summed E-state index contributed by atoms with van der Waals surface area (Å²) in [6.07, 6.45) is 2.49. The van der Waals surface area contributed by atoms with Gasteiger partial charge in [-0.05, 0) is 31.0 Å². The molecule has 1 aromatic heterocycles. The Labute approximate surface area is 160 Å². The first kappa shape index (κ1) is 20.7. The normalized spacial score (nSPS) is 11.9. The van der Waals surface area contributed by atoms with Crippen LogP contribution in [0.5, 0.6) is 11.5 Å². The van der Waals surface area contributed by atoms with E-state index in [0.29, 0.717) is 36.1 Å². The Kier molecular flexibility index (Phi) is 7.60. The van der Waals surface area contributed by atoms with Crippen LogP contribution >= 0.6 is 0 Å². The summed E-state index contributed by atoms with van der Waals surface area (Å²) in [6, 6.07) is 5.35. The molecule has 0 bridgehead atoms. The second kappa shape index (κ2) is 9.91. The molecule has 1 heterocycles. The van der Waals surface area contributed by atoms with Gasteiger partial charge in [0, 0.05) is 13.0 Å². The lowest BCUT2D eigenvalue weighted by Crippen LogP contribution is -2.30. The van der Waals surface area contributed by atoms with E-state index in [9.17, 15) is 4.79 Å². The molecule has 1 amide bonds. The first-order chi connectivity index (χ1) is 13.0. The molecule has 0 aliphatic carbocycles. The molecule has 0 saturated heterocycles. The summed E-state index contributed by atoms with van der Waals surface area (Å²) < 4.78 is 12.2. The third kappa shape index (κ3) is 5.68. The average molecular weight is 375 g/mol. The Hall–Kier alpha value is -2.61. The Bertz CT molecular complexity index is 758. The number of carbonyl (C=O) groups excluding carboxylic acids is 1. The zero-order chi connectivity index (χ0) is 19.8. The number of aromatic nitrogens is 3. The first-order valence-corrected chi connectivity index (χ1v) is 9.15. The van der Waals surface area contributed by atoms with Gasteiger partial charge in [-0.3, -0.25) is 4.79 Å². The lowest BCUT2D eigenvalue weighted by molar-refractivity contribution is -0.121. The van der Waals surface area contributed by atoms with Crippen molar-refractivity contribution in [3.05, 3.63) is 35.4 Å². The van der Waals surface area contributed by atoms with Crippen LogP contribution in [0.15, 0.2) is 18.2 Å². The Balaban J connectivity index is 2.15. The van der Waals surface area contributed by atoms with E-state index in [1.165, 1.54) is 0 Å². The van der Waals surface area contributed by atoms with E-state index in [1.807, 2.05) is 25.1 Å². The van der Waals surface area contributed by atoms with Crippen molar-refractivity contribution in [2.75, 3.05) is 20.8 Å². The van der Waals surface area contributed by atoms with Crippen molar-refractivity contribution < 1.29 is 14.3 Å². The predicted octanol–water partition coefficient (Wildman–Crippen LogP) is 1.82. The van der Waals surface area contributed by atoms with Crippen molar-refractivity contribution in [3.63, 3.8) is 0 Å². The molecule has 2 rings (SSSR count). The number of nitrogens with one attached hydrogen (secondary N) is 1. The number of ether oxygens (including phenoxy) is 2. The van der Waals surface area contributed by atoms with Gasteiger partial charge in [-0.1, -0.05) is 19.4 Å². The number of nitrogens with two attached hydrogens (primary N) is 1. The van der Waals surface area contributed by atoms with E-state index in [4.69, 9.17) is 15.2 Å². The predicted molar refractivity (Wildman–Crippen MR) is 103 cm³/mol. The molecule has 1 aromatic carbocycles. The van der Waals surface area contributed by atoms with E-state index in [2.05, 4.69) is 22.3 Å². The molecule has 8 heteroatoms. The molecule has 27 heavy (non-hydrogen) atoms. The third-order valence-corrected chi connectivity index (χ3v) is 4.11. The largest absolute Gasteiger partial charge is 0.493 e. The molecule has 2 aromatic rings. The van der Waals surface area contributed by atoms with E-state index < -0.39 is 0 Å². The van der Waals surface area contributed by atoms with Crippen LogP contribution in [0.2, 0.25) is 0 Å². The van der Waals surface area contributed by atoms with E-state index in [0.717, 1.165) is 18.4 Å². The topological polar surface area (TPSA) is 104 Å². The van der Waals surface area contributed by atoms with Crippen LogP contribution in [0.4, 0.5) is 0 Å². The highest BCUT2D eigenvalue weighted by Crippen LogP contribution is 2.28. The van der Waals surface area contributed by atoms with Crippen molar-refractivity contribution in [3.8, 4) is 11.5 Å². The van der Waals surface area contributed by atoms with Gasteiger partial charge in [-0.2, -0.15) is 5.10 Å². The molecule has 0 spiro atoms. The maximum absolute atomic E-state index is 12.1. The van der Waals surface area contributed by atoms with Gasteiger partial charge in [-0.25, -0.2) is 9.67 Å². The molecule has 0 aliphatic rings. The standard InChI is InChI=1S/C19H29N5O3/c1-5-6-9-21-18(25)12-24-19(13(2)20)22-17(23-24)11-14-7-8-15(26-3)16(10-14)27-4/h7-8,10,13H,5-6,9,11-12,20H2,1-4H3,(H,21,25)/t13-/m1/s1. The summed E-state index contributed by atoms with van der Waals surface area (Å²) in [5.41, 5.74) is 6.99. The number of hydrogen-bond donors (Lipinski definition) is 2. The maximum atomic E-state index is 12.1. The molecule has 1 atom stereocenters. The Morgan fingerprint density at radius 1 is 1.30 bits per heavy atom. The molecule has 8 nitrogen and oxygen atoms in total. The number of benzene rings is 1. The van der Waals surface area contributed by atoms with Crippen LogP contribution in [0, 0.1) is 0 Å². The third-order valence-electron chi connectivity index (χ3n) is 4.11. The zero-order valence-corrected chi connectivity index (χ0v) is 16.5. The molecule has 0 unspecified atom stereocenters. The lowest BCUT2D eigenvalue weighted by atomic mass is 10.1. The molecule has 3 N–H and O–H groups in total. The van der Waals surface area contributed by atoms with Crippen LogP contribution in [0.25, 0.3) is 0 Å².